The number of rotatable bonds is 7. The van der Waals surface area contributed by atoms with E-state index in [2.05, 4.69) is 36.1 Å². The SMILES string of the molecule is Cc1ccc(NS(=O)(=O)c2cc(C(=O)Nc3cccc(NC(=O)c4ccc(C(C)(C)C)cc4)c3)ccc2C)c(C)c1. The molecule has 3 N–H and O–H groups in total. The molecule has 0 unspecified atom stereocenters. The monoisotopic (exact) mass is 569 g/mol. The molecule has 0 aliphatic rings. The van der Waals surface area contributed by atoms with Crippen LogP contribution in [0.5, 0.6) is 0 Å². The molecule has 0 saturated carbocycles. The summed E-state index contributed by atoms with van der Waals surface area (Å²) in [5.74, 6) is -0.743. The van der Waals surface area contributed by atoms with E-state index >= 15 is 0 Å². The number of hydrogen-bond donors (Lipinski definition) is 3. The highest BCUT2D eigenvalue weighted by atomic mass is 32.2. The van der Waals surface area contributed by atoms with Gasteiger partial charge in [-0.25, -0.2) is 8.42 Å². The Labute approximate surface area is 242 Å². The lowest BCUT2D eigenvalue weighted by molar-refractivity contribution is 0.101. The van der Waals surface area contributed by atoms with Crippen molar-refractivity contribution in [2.24, 2.45) is 0 Å². The second-order valence-electron chi connectivity index (χ2n) is 11.2. The summed E-state index contributed by atoms with van der Waals surface area (Å²) in [5, 5.41) is 5.65. The molecule has 0 radical (unpaired) electrons. The Morgan fingerprint density at radius 1 is 0.659 bits per heavy atom. The highest BCUT2D eigenvalue weighted by Gasteiger charge is 2.21. The predicted molar refractivity (Wildman–Crippen MR) is 165 cm³/mol. The number of carbonyl (C=O) groups is 2. The molecule has 4 aromatic rings. The van der Waals surface area contributed by atoms with E-state index in [0.717, 1.165) is 16.7 Å². The molecule has 0 aliphatic heterocycles. The first kappa shape index (κ1) is 29.6. The van der Waals surface area contributed by atoms with Gasteiger partial charge < -0.3 is 10.6 Å². The summed E-state index contributed by atoms with van der Waals surface area (Å²) in [5.41, 5.74) is 5.61. The summed E-state index contributed by atoms with van der Waals surface area (Å²) >= 11 is 0. The minimum Gasteiger partial charge on any atom is -0.322 e. The smallest absolute Gasteiger partial charge is 0.262 e. The number of sulfonamides is 1. The van der Waals surface area contributed by atoms with Crippen LogP contribution in [0.25, 0.3) is 0 Å². The molecular formula is C33H35N3O4S. The van der Waals surface area contributed by atoms with E-state index in [-0.39, 0.29) is 21.8 Å². The van der Waals surface area contributed by atoms with Crippen LogP contribution in [-0.4, -0.2) is 20.2 Å². The predicted octanol–water partition coefficient (Wildman–Crippen LogP) is 7.21. The zero-order chi connectivity index (χ0) is 29.9. The molecule has 4 aromatic carbocycles. The van der Waals surface area contributed by atoms with Crippen molar-refractivity contribution in [3.8, 4) is 0 Å². The normalized spacial score (nSPS) is 11.6. The summed E-state index contributed by atoms with van der Waals surface area (Å²) in [4.78, 5) is 25.9. The molecule has 0 aliphatic carbocycles. The van der Waals surface area contributed by atoms with Crippen LogP contribution in [0.4, 0.5) is 17.1 Å². The van der Waals surface area contributed by atoms with Gasteiger partial charge in [0.2, 0.25) is 0 Å². The number of aryl methyl sites for hydroxylation is 3. The molecule has 0 aromatic heterocycles. The van der Waals surface area contributed by atoms with Crippen molar-refractivity contribution in [2.45, 2.75) is 51.9 Å². The zero-order valence-electron chi connectivity index (χ0n) is 24.1. The fraction of sp³-hybridized carbons (Fsp3) is 0.212. The van der Waals surface area contributed by atoms with Crippen molar-refractivity contribution in [3.05, 3.63) is 118 Å². The van der Waals surface area contributed by atoms with Gasteiger partial charge in [0.05, 0.1) is 10.6 Å². The number of nitrogens with one attached hydrogen (secondary N) is 3. The van der Waals surface area contributed by atoms with Gasteiger partial charge in [0.25, 0.3) is 21.8 Å². The summed E-state index contributed by atoms with van der Waals surface area (Å²) in [6.45, 7) is 11.8. The first-order valence-electron chi connectivity index (χ1n) is 13.3. The van der Waals surface area contributed by atoms with Crippen LogP contribution in [0.15, 0.2) is 89.8 Å². The van der Waals surface area contributed by atoms with Gasteiger partial charge in [-0.05, 0) is 91.4 Å². The molecule has 0 fully saturated rings. The molecule has 7 nitrogen and oxygen atoms in total. The van der Waals surface area contributed by atoms with Crippen LogP contribution in [-0.2, 0) is 15.4 Å². The van der Waals surface area contributed by atoms with Crippen LogP contribution in [0.1, 0.15) is 63.7 Å². The van der Waals surface area contributed by atoms with Gasteiger partial charge in [0.15, 0.2) is 0 Å². The Hall–Kier alpha value is -4.43. The second kappa shape index (κ2) is 11.6. The van der Waals surface area contributed by atoms with Crippen molar-refractivity contribution in [3.63, 3.8) is 0 Å². The molecule has 0 spiro atoms. The number of amides is 2. The lowest BCUT2D eigenvalue weighted by atomic mass is 9.87. The van der Waals surface area contributed by atoms with Crippen LogP contribution < -0.4 is 15.4 Å². The Morgan fingerprint density at radius 3 is 1.83 bits per heavy atom. The fourth-order valence-electron chi connectivity index (χ4n) is 4.36. The van der Waals surface area contributed by atoms with Gasteiger partial charge in [-0.1, -0.05) is 62.7 Å². The third-order valence-corrected chi connectivity index (χ3v) is 8.27. The van der Waals surface area contributed by atoms with Crippen molar-refractivity contribution in [1.82, 2.24) is 0 Å². The van der Waals surface area contributed by atoms with Crippen molar-refractivity contribution < 1.29 is 18.0 Å². The van der Waals surface area contributed by atoms with Gasteiger partial charge >= 0.3 is 0 Å². The fourth-order valence-corrected chi connectivity index (χ4v) is 5.76. The maximum absolute atomic E-state index is 13.2. The van der Waals surface area contributed by atoms with Crippen molar-refractivity contribution >= 4 is 38.9 Å². The van der Waals surface area contributed by atoms with E-state index in [0.29, 0.717) is 28.2 Å². The van der Waals surface area contributed by atoms with E-state index in [1.165, 1.54) is 6.07 Å². The van der Waals surface area contributed by atoms with Crippen molar-refractivity contribution in [2.75, 3.05) is 15.4 Å². The Bertz CT molecular complexity index is 1720. The molecule has 212 valence electrons. The first-order chi connectivity index (χ1) is 19.2. The van der Waals surface area contributed by atoms with Gasteiger partial charge in [-0.2, -0.15) is 0 Å². The maximum Gasteiger partial charge on any atom is 0.262 e. The van der Waals surface area contributed by atoms with Crippen LogP contribution in [0.2, 0.25) is 0 Å². The molecule has 0 saturated heterocycles. The minimum absolute atomic E-state index is 0.0133. The minimum atomic E-state index is -3.94. The highest BCUT2D eigenvalue weighted by Crippen LogP contribution is 2.25. The molecular weight excluding hydrogens is 534 g/mol. The van der Waals surface area contributed by atoms with E-state index in [1.807, 2.05) is 38.1 Å². The molecule has 0 heterocycles. The van der Waals surface area contributed by atoms with Gasteiger partial charge in [0.1, 0.15) is 0 Å². The molecule has 41 heavy (non-hydrogen) atoms. The average Bonchev–Trinajstić information content (AvgIpc) is 2.90. The van der Waals surface area contributed by atoms with Gasteiger partial charge in [0, 0.05) is 22.5 Å². The van der Waals surface area contributed by atoms with Gasteiger partial charge in [-0.3, -0.25) is 14.3 Å². The first-order valence-corrected chi connectivity index (χ1v) is 14.8. The Morgan fingerprint density at radius 2 is 1.24 bits per heavy atom. The molecule has 0 bridgehead atoms. The zero-order valence-corrected chi connectivity index (χ0v) is 24.9. The Balaban J connectivity index is 1.49. The van der Waals surface area contributed by atoms with E-state index in [1.54, 1.807) is 61.5 Å². The topological polar surface area (TPSA) is 104 Å². The highest BCUT2D eigenvalue weighted by molar-refractivity contribution is 7.92. The summed E-state index contributed by atoms with van der Waals surface area (Å²) in [6, 6.07) is 24.3. The largest absolute Gasteiger partial charge is 0.322 e. The van der Waals surface area contributed by atoms with Crippen molar-refractivity contribution in [1.29, 1.82) is 0 Å². The molecule has 2 amide bonds. The summed E-state index contributed by atoms with van der Waals surface area (Å²) in [7, 11) is -3.94. The molecule has 4 rings (SSSR count). The van der Waals surface area contributed by atoms with E-state index < -0.39 is 15.9 Å². The number of benzene rings is 4. The molecule has 8 heteroatoms. The third kappa shape index (κ3) is 7.21. The number of carbonyl (C=O) groups excluding carboxylic acids is 2. The Kier molecular flexibility index (Phi) is 8.35. The van der Waals surface area contributed by atoms with Crippen LogP contribution in [0, 0.1) is 20.8 Å². The standard InChI is InChI=1S/C33H35N3O4S/c1-21-10-17-29(23(3)18-21)36-41(39,40)30-19-25(12-11-22(30)2)32(38)35-28-9-7-8-27(20-28)34-31(37)24-13-15-26(16-14-24)33(4,5)6/h7-20,36H,1-6H3,(H,34,37)(H,35,38). The number of anilines is 3. The van der Waals surface area contributed by atoms with Crippen LogP contribution in [0.3, 0.4) is 0 Å². The third-order valence-electron chi connectivity index (χ3n) is 6.76. The molecule has 0 atom stereocenters. The lowest BCUT2D eigenvalue weighted by Gasteiger charge is -2.19. The summed E-state index contributed by atoms with van der Waals surface area (Å²) in [6.07, 6.45) is 0. The van der Waals surface area contributed by atoms with Crippen LogP contribution >= 0.6 is 0 Å². The van der Waals surface area contributed by atoms with E-state index in [4.69, 9.17) is 0 Å². The quantitative estimate of drug-likeness (QED) is 0.219. The van der Waals surface area contributed by atoms with E-state index in [9.17, 15) is 18.0 Å². The summed E-state index contributed by atoms with van der Waals surface area (Å²) < 4.78 is 29.1. The lowest BCUT2D eigenvalue weighted by Crippen LogP contribution is -2.18. The maximum atomic E-state index is 13.2. The second-order valence-corrected chi connectivity index (χ2v) is 12.9. The number of hydrogen-bond acceptors (Lipinski definition) is 4. The average molecular weight is 570 g/mol. The van der Waals surface area contributed by atoms with Gasteiger partial charge in [-0.15, -0.1) is 0 Å².